The van der Waals surface area contributed by atoms with Crippen LogP contribution in [-0.2, 0) is 16.4 Å². The minimum Gasteiger partial charge on any atom is -0.396 e. The molecule has 0 unspecified atom stereocenters. The molecule has 0 radical (unpaired) electrons. The van der Waals surface area contributed by atoms with Gasteiger partial charge in [0.05, 0.1) is 0 Å². The summed E-state index contributed by atoms with van der Waals surface area (Å²) in [6, 6.07) is 3.51. The van der Waals surface area contributed by atoms with Crippen LogP contribution in [-0.4, -0.2) is 26.7 Å². The predicted molar refractivity (Wildman–Crippen MR) is 79.0 cm³/mol. The van der Waals surface area contributed by atoms with Gasteiger partial charge in [0.2, 0.25) is 10.0 Å². The normalized spacial score (nSPS) is 12.8. The van der Waals surface area contributed by atoms with Gasteiger partial charge in [-0.1, -0.05) is 20.8 Å². The van der Waals surface area contributed by atoms with E-state index in [4.69, 9.17) is 5.11 Å². The summed E-state index contributed by atoms with van der Waals surface area (Å²) >= 11 is 1.32. The Labute approximate surface area is 119 Å². The number of hydrogen-bond donors (Lipinski definition) is 2. The lowest BCUT2D eigenvalue weighted by atomic mass is 9.89. The maximum atomic E-state index is 12.0. The molecule has 0 aliphatic rings. The van der Waals surface area contributed by atoms with Crippen molar-refractivity contribution in [2.24, 2.45) is 5.41 Å². The summed E-state index contributed by atoms with van der Waals surface area (Å²) in [5.41, 5.74) is -0.149. The lowest BCUT2D eigenvalue weighted by Gasteiger charge is -2.21. The van der Waals surface area contributed by atoms with Crippen LogP contribution < -0.4 is 4.72 Å². The molecule has 1 rings (SSSR count). The molecule has 1 aromatic heterocycles. The van der Waals surface area contributed by atoms with E-state index in [9.17, 15) is 8.42 Å². The van der Waals surface area contributed by atoms with Gasteiger partial charge >= 0.3 is 0 Å². The molecule has 0 amide bonds. The van der Waals surface area contributed by atoms with Crippen LogP contribution in [0.1, 0.15) is 38.5 Å². The molecule has 0 spiro atoms. The van der Waals surface area contributed by atoms with Crippen LogP contribution in [0.2, 0.25) is 0 Å². The summed E-state index contributed by atoms with van der Waals surface area (Å²) in [7, 11) is -3.37. The number of hydrogen-bond acceptors (Lipinski definition) is 4. The number of thiophene rings is 1. The molecular formula is C13H23NO3S2. The minimum atomic E-state index is -3.37. The third kappa shape index (κ3) is 5.22. The van der Waals surface area contributed by atoms with Crippen LogP contribution in [0.15, 0.2) is 16.3 Å². The molecule has 6 heteroatoms. The maximum absolute atomic E-state index is 12.0. The second kappa shape index (κ2) is 6.83. The highest BCUT2D eigenvalue weighted by Gasteiger charge is 2.18. The second-order valence-corrected chi connectivity index (χ2v) is 8.56. The van der Waals surface area contributed by atoms with E-state index in [1.54, 1.807) is 6.07 Å². The van der Waals surface area contributed by atoms with E-state index in [2.05, 4.69) is 4.72 Å². The molecular weight excluding hydrogens is 282 g/mol. The number of rotatable bonds is 8. The summed E-state index contributed by atoms with van der Waals surface area (Å²) in [5, 5.41) is 9.12. The summed E-state index contributed by atoms with van der Waals surface area (Å²) in [6.07, 6.45) is 2.36. The third-order valence-corrected chi connectivity index (χ3v) is 6.18. The zero-order valence-corrected chi connectivity index (χ0v) is 13.4. The van der Waals surface area contributed by atoms with E-state index in [0.717, 1.165) is 24.1 Å². The van der Waals surface area contributed by atoms with Crippen LogP contribution in [0.5, 0.6) is 0 Å². The molecule has 0 saturated carbocycles. The average Bonchev–Trinajstić information content (AvgIpc) is 2.84. The fourth-order valence-electron chi connectivity index (χ4n) is 1.62. The first kappa shape index (κ1) is 16.6. The molecule has 1 aromatic rings. The standard InChI is InChI=1S/C13H23NO3S2/c1-4-11-6-7-12(18-11)19(16,17)14-9-5-8-13(2,3)10-15/h6-7,14-15H,4-5,8-10H2,1-3H3. The Morgan fingerprint density at radius 2 is 2.05 bits per heavy atom. The van der Waals surface area contributed by atoms with Crippen LogP contribution in [0, 0.1) is 5.41 Å². The van der Waals surface area contributed by atoms with Crippen molar-refractivity contribution in [3.05, 3.63) is 17.0 Å². The van der Waals surface area contributed by atoms with Gasteiger partial charge < -0.3 is 5.11 Å². The average molecular weight is 305 g/mol. The van der Waals surface area contributed by atoms with Gasteiger partial charge in [-0.3, -0.25) is 0 Å². The van der Waals surface area contributed by atoms with E-state index in [1.807, 2.05) is 26.8 Å². The van der Waals surface area contributed by atoms with Gasteiger partial charge in [-0.2, -0.15) is 0 Å². The van der Waals surface area contributed by atoms with Gasteiger partial charge in [0.25, 0.3) is 0 Å². The molecule has 0 fully saturated rings. The van der Waals surface area contributed by atoms with Gasteiger partial charge in [0.15, 0.2) is 0 Å². The molecule has 4 nitrogen and oxygen atoms in total. The quantitative estimate of drug-likeness (QED) is 0.725. The smallest absolute Gasteiger partial charge is 0.250 e. The molecule has 0 atom stereocenters. The van der Waals surface area contributed by atoms with E-state index in [0.29, 0.717) is 10.8 Å². The van der Waals surface area contributed by atoms with Crippen molar-refractivity contribution in [1.82, 2.24) is 4.72 Å². The van der Waals surface area contributed by atoms with Crippen LogP contribution in [0.3, 0.4) is 0 Å². The van der Waals surface area contributed by atoms with E-state index >= 15 is 0 Å². The molecule has 0 aliphatic carbocycles. The van der Waals surface area contributed by atoms with Gasteiger partial charge in [-0.15, -0.1) is 11.3 Å². The fourth-order valence-corrected chi connectivity index (χ4v) is 4.03. The molecule has 0 aliphatic heterocycles. The maximum Gasteiger partial charge on any atom is 0.250 e. The number of aryl methyl sites for hydroxylation is 1. The number of sulfonamides is 1. The molecule has 19 heavy (non-hydrogen) atoms. The third-order valence-electron chi connectivity index (χ3n) is 3.00. The highest BCUT2D eigenvalue weighted by Crippen LogP contribution is 2.23. The van der Waals surface area contributed by atoms with Gasteiger partial charge in [-0.05, 0) is 36.8 Å². The SMILES string of the molecule is CCc1ccc(S(=O)(=O)NCCCC(C)(C)CO)s1. The predicted octanol–water partition coefficient (Wildman–Crippen LogP) is 2.39. The Hall–Kier alpha value is -0.430. The lowest BCUT2D eigenvalue weighted by molar-refractivity contribution is 0.148. The summed E-state index contributed by atoms with van der Waals surface area (Å²) in [4.78, 5) is 1.07. The number of aliphatic hydroxyl groups excluding tert-OH is 1. The molecule has 0 saturated heterocycles. The van der Waals surface area contributed by atoms with Crippen molar-refractivity contribution in [3.63, 3.8) is 0 Å². The highest BCUT2D eigenvalue weighted by molar-refractivity contribution is 7.91. The van der Waals surface area contributed by atoms with Crippen molar-refractivity contribution in [1.29, 1.82) is 0 Å². The topological polar surface area (TPSA) is 66.4 Å². The first-order valence-electron chi connectivity index (χ1n) is 6.50. The molecule has 2 N–H and O–H groups in total. The fraction of sp³-hybridized carbons (Fsp3) is 0.692. The van der Waals surface area contributed by atoms with Crippen LogP contribution >= 0.6 is 11.3 Å². The number of aliphatic hydroxyl groups is 1. The lowest BCUT2D eigenvalue weighted by Crippen LogP contribution is -2.26. The van der Waals surface area contributed by atoms with Gasteiger partial charge in [0, 0.05) is 18.0 Å². The summed E-state index contributed by atoms with van der Waals surface area (Å²) in [5.74, 6) is 0. The van der Waals surface area contributed by atoms with Crippen molar-refractivity contribution < 1.29 is 13.5 Å². The van der Waals surface area contributed by atoms with Crippen molar-refractivity contribution >= 4 is 21.4 Å². The Morgan fingerprint density at radius 3 is 2.58 bits per heavy atom. The Kier molecular flexibility index (Phi) is 5.98. The molecule has 0 bridgehead atoms. The van der Waals surface area contributed by atoms with Gasteiger partial charge in [-0.25, -0.2) is 13.1 Å². The van der Waals surface area contributed by atoms with Crippen LogP contribution in [0.4, 0.5) is 0 Å². The first-order chi connectivity index (χ1) is 8.80. The minimum absolute atomic E-state index is 0.116. The monoisotopic (exact) mass is 305 g/mol. The van der Waals surface area contributed by atoms with E-state index in [1.165, 1.54) is 11.3 Å². The summed E-state index contributed by atoms with van der Waals surface area (Å²) in [6.45, 7) is 6.46. The largest absolute Gasteiger partial charge is 0.396 e. The summed E-state index contributed by atoms with van der Waals surface area (Å²) < 4.78 is 27.0. The van der Waals surface area contributed by atoms with Crippen molar-refractivity contribution in [3.8, 4) is 0 Å². The highest BCUT2D eigenvalue weighted by atomic mass is 32.2. The molecule has 110 valence electrons. The second-order valence-electron chi connectivity index (χ2n) is 5.40. The van der Waals surface area contributed by atoms with E-state index < -0.39 is 10.0 Å². The Balaban J connectivity index is 2.48. The zero-order valence-electron chi connectivity index (χ0n) is 11.8. The Bertz CT molecular complexity index is 492. The zero-order chi connectivity index (χ0) is 14.5. The van der Waals surface area contributed by atoms with E-state index in [-0.39, 0.29) is 12.0 Å². The van der Waals surface area contributed by atoms with Crippen LogP contribution in [0.25, 0.3) is 0 Å². The molecule has 0 aromatic carbocycles. The van der Waals surface area contributed by atoms with Crippen molar-refractivity contribution in [2.45, 2.75) is 44.2 Å². The first-order valence-corrected chi connectivity index (χ1v) is 8.80. The molecule has 1 heterocycles. The Morgan fingerprint density at radius 1 is 1.37 bits per heavy atom. The van der Waals surface area contributed by atoms with Crippen molar-refractivity contribution in [2.75, 3.05) is 13.2 Å². The van der Waals surface area contributed by atoms with Gasteiger partial charge in [0.1, 0.15) is 4.21 Å². The number of nitrogens with one attached hydrogen (secondary N) is 1.